The third-order valence-corrected chi connectivity index (χ3v) is 3.59. The molecule has 1 N–H and O–H groups in total. The summed E-state index contributed by atoms with van der Waals surface area (Å²) in [6.07, 6.45) is 4.00. The van der Waals surface area contributed by atoms with Crippen LogP contribution in [0.1, 0.15) is 31.4 Å². The van der Waals surface area contributed by atoms with Crippen LogP contribution in [0.5, 0.6) is 0 Å². The van der Waals surface area contributed by atoms with Crippen LogP contribution in [0, 0.1) is 0 Å². The molecule has 1 aromatic heterocycles. The first-order valence-corrected chi connectivity index (χ1v) is 6.74. The normalized spacial score (nSPS) is 17.9. The Hall–Kier alpha value is -1.13. The fraction of sp³-hybridized carbons (Fsp3) is 0.643. The van der Waals surface area contributed by atoms with Gasteiger partial charge in [0.15, 0.2) is 0 Å². The van der Waals surface area contributed by atoms with Crippen LogP contribution in [-0.4, -0.2) is 48.2 Å². The second kappa shape index (κ2) is 6.16. The van der Waals surface area contributed by atoms with Gasteiger partial charge in [-0.15, -0.1) is 0 Å². The van der Waals surface area contributed by atoms with Gasteiger partial charge in [-0.3, -0.25) is 0 Å². The minimum absolute atomic E-state index is 0.432. The Morgan fingerprint density at radius 2 is 2.17 bits per heavy atom. The molecule has 1 fully saturated rings. The number of nitrogens with zero attached hydrogens (tertiary/aromatic N) is 3. The molecule has 2 heterocycles. The summed E-state index contributed by atoms with van der Waals surface area (Å²) in [6, 6.07) is 3.83. The van der Waals surface area contributed by atoms with E-state index in [4.69, 9.17) is 0 Å². The average Bonchev–Trinajstić information content (AvgIpc) is 2.89. The van der Waals surface area contributed by atoms with Crippen molar-refractivity contribution in [2.75, 3.05) is 38.1 Å². The quantitative estimate of drug-likeness (QED) is 0.861. The standard InChI is InChI=1S/C14H23N3O/c1-12(18)13-5-6-15-14(11-13)16(2)9-10-17-7-3-4-8-17/h5-6,11-12,18H,3-4,7-10H2,1-2H3. The first-order valence-electron chi connectivity index (χ1n) is 6.74. The molecule has 18 heavy (non-hydrogen) atoms. The second-order valence-corrected chi connectivity index (χ2v) is 5.09. The van der Waals surface area contributed by atoms with Gasteiger partial charge in [-0.2, -0.15) is 0 Å². The molecule has 0 bridgehead atoms. The fourth-order valence-electron chi connectivity index (χ4n) is 2.31. The van der Waals surface area contributed by atoms with Crippen molar-refractivity contribution in [1.29, 1.82) is 0 Å². The monoisotopic (exact) mass is 249 g/mol. The molecule has 100 valence electrons. The van der Waals surface area contributed by atoms with Gasteiger partial charge in [-0.05, 0) is 50.6 Å². The van der Waals surface area contributed by atoms with Crippen LogP contribution in [-0.2, 0) is 0 Å². The van der Waals surface area contributed by atoms with Crippen LogP contribution in [0.3, 0.4) is 0 Å². The van der Waals surface area contributed by atoms with Gasteiger partial charge >= 0.3 is 0 Å². The summed E-state index contributed by atoms with van der Waals surface area (Å²) in [5, 5.41) is 9.58. The predicted molar refractivity (Wildman–Crippen MR) is 73.8 cm³/mol. The number of rotatable bonds is 5. The number of hydrogen-bond acceptors (Lipinski definition) is 4. The number of aromatic nitrogens is 1. The number of aliphatic hydroxyl groups excluding tert-OH is 1. The molecule has 1 saturated heterocycles. The summed E-state index contributed by atoms with van der Waals surface area (Å²) >= 11 is 0. The van der Waals surface area contributed by atoms with Gasteiger partial charge in [0.25, 0.3) is 0 Å². The molecule has 2 rings (SSSR count). The van der Waals surface area contributed by atoms with Crippen molar-refractivity contribution in [3.63, 3.8) is 0 Å². The molecular formula is C14H23N3O. The van der Waals surface area contributed by atoms with E-state index in [1.54, 1.807) is 13.1 Å². The summed E-state index contributed by atoms with van der Waals surface area (Å²) in [7, 11) is 2.06. The van der Waals surface area contributed by atoms with Gasteiger partial charge in [0.2, 0.25) is 0 Å². The summed E-state index contributed by atoms with van der Waals surface area (Å²) in [5.74, 6) is 0.938. The zero-order chi connectivity index (χ0) is 13.0. The highest BCUT2D eigenvalue weighted by Crippen LogP contribution is 2.17. The van der Waals surface area contributed by atoms with Crippen molar-refractivity contribution in [2.24, 2.45) is 0 Å². The molecule has 0 saturated carbocycles. The third-order valence-electron chi connectivity index (χ3n) is 3.59. The van der Waals surface area contributed by atoms with Crippen LogP contribution >= 0.6 is 0 Å². The van der Waals surface area contributed by atoms with E-state index in [9.17, 15) is 5.11 Å². The molecule has 1 aliphatic rings. The highest BCUT2D eigenvalue weighted by molar-refractivity contribution is 5.40. The van der Waals surface area contributed by atoms with E-state index in [0.717, 1.165) is 24.5 Å². The largest absolute Gasteiger partial charge is 0.389 e. The molecule has 0 radical (unpaired) electrons. The Balaban J connectivity index is 1.91. The Kier molecular flexibility index (Phi) is 4.55. The van der Waals surface area contributed by atoms with Crippen molar-refractivity contribution in [3.05, 3.63) is 23.9 Å². The van der Waals surface area contributed by atoms with E-state index in [1.807, 2.05) is 12.1 Å². The summed E-state index contributed by atoms with van der Waals surface area (Å²) in [6.45, 7) is 6.32. The van der Waals surface area contributed by atoms with E-state index in [1.165, 1.54) is 25.9 Å². The zero-order valence-electron chi connectivity index (χ0n) is 11.3. The molecule has 0 aromatic carbocycles. The van der Waals surface area contributed by atoms with E-state index >= 15 is 0 Å². The van der Waals surface area contributed by atoms with Crippen molar-refractivity contribution < 1.29 is 5.11 Å². The van der Waals surface area contributed by atoms with Gasteiger partial charge in [0.05, 0.1) is 6.10 Å². The van der Waals surface area contributed by atoms with Crippen LogP contribution in [0.25, 0.3) is 0 Å². The number of hydrogen-bond donors (Lipinski definition) is 1. The molecule has 1 unspecified atom stereocenters. The molecule has 4 heteroatoms. The van der Waals surface area contributed by atoms with Crippen molar-refractivity contribution in [1.82, 2.24) is 9.88 Å². The molecule has 1 aromatic rings. The Morgan fingerprint density at radius 1 is 1.44 bits per heavy atom. The van der Waals surface area contributed by atoms with E-state index in [-0.39, 0.29) is 0 Å². The number of aliphatic hydroxyl groups is 1. The van der Waals surface area contributed by atoms with Crippen molar-refractivity contribution in [2.45, 2.75) is 25.9 Å². The maximum absolute atomic E-state index is 9.58. The molecule has 0 spiro atoms. The lowest BCUT2D eigenvalue weighted by Gasteiger charge is -2.22. The Labute approximate surface area is 109 Å². The first kappa shape index (κ1) is 13.3. The lowest BCUT2D eigenvalue weighted by molar-refractivity contribution is 0.199. The lowest BCUT2D eigenvalue weighted by Crippen LogP contribution is -2.31. The van der Waals surface area contributed by atoms with Gasteiger partial charge in [0.1, 0.15) is 5.82 Å². The van der Waals surface area contributed by atoms with E-state index in [2.05, 4.69) is 21.8 Å². The van der Waals surface area contributed by atoms with E-state index in [0.29, 0.717) is 0 Å². The second-order valence-electron chi connectivity index (χ2n) is 5.09. The number of likely N-dealkylation sites (tertiary alicyclic amines) is 1. The maximum atomic E-state index is 9.58. The van der Waals surface area contributed by atoms with Gasteiger partial charge < -0.3 is 14.9 Å². The summed E-state index contributed by atoms with van der Waals surface area (Å²) < 4.78 is 0. The highest BCUT2D eigenvalue weighted by Gasteiger charge is 2.12. The SMILES string of the molecule is CC(O)c1ccnc(N(C)CCN2CCCC2)c1. The van der Waals surface area contributed by atoms with Crippen LogP contribution in [0.2, 0.25) is 0 Å². The van der Waals surface area contributed by atoms with Crippen molar-refractivity contribution in [3.8, 4) is 0 Å². The van der Waals surface area contributed by atoms with Crippen molar-refractivity contribution >= 4 is 5.82 Å². The smallest absolute Gasteiger partial charge is 0.128 e. The lowest BCUT2D eigenvalue weighted by atomic mass is 10.2. The minimum Gasteiger partial charge on any atom is -0.389 e. The zero-order valence-corrected chi connectivity index (χ0v) is 11.3. The third kappa shape index (κ3) is 3.43. The number of anilines is 1. The first-order chi connectivity index (χ1) is 8.66. The predicted octanol–water partition coefficient (Wildman–Crippen LogP) is 1.67. The molecule has 1 aliphatic heterocycles. The molecule has 4 nitrogen and oxygen atoms in total. The molecule has 1 atom stereocenters. The molecule has 0 aliphatic carbocycles. The highest BCUT2D eigenvalue weighted by atomic mass is 16.3. The Bertz CT molecular complexity index is 375. The van der Waals surface area contributed by atoms with Crippen LogP contribution < -0.4 is 4.90 Å². The van der Waals surface area contributed by atoms with Crippen LogP contribution in [0.15, 0.2) is 18.3 Å². The number of likely N-dealkylation sites (N-methyl/N-ethyl adjacent to an activating group) is 1. The maximum Gasteiger partial charge on any atom is 0.128 e. The van der Waals surface area contributed by atoms with Gasteiger partial charge in [-0.1, -0.05) is 0 Å². The van der Waals surface area contributed by atoms with Gasteiger partial charge in [0, 0.05) is 26.3 Å². The molecular weight excluding hydrogens is 226 g/mol. The fourth-order valence-corrected chi connectivity index (χ4v) is 2.31. The molecule has 0 amide bonds. The topological polar surface area (TPSA) is 39.6 Å². The summed E-state index contributed by atoms with van der Waals surface area (Å²) in [4.78, 5) is 9.02. The Morgan fingerprint density at radius 3 is 2.83 bits per heavy atom. The van der Waals surface area contributed by atoms with Crippen LogP contribution in [0.4, 0.5) is 5.82 Å². The summed E-state index contributed by atoms with van der Waals surface area (Å²) in [5.41, 5.74) is 0.924. The number of pyridine rings is 1. The average molecular weight is 249 g/mol. The minimum atomic E-state index is -0.432. The van der Waals surface area contributed by atoms with E-state index < -0.39 is 6.10 Å². The van der Waals surface area contributed by atoms with Gasteiger partial charge in [-0.25, -0.2) is 4.98 Å².